The molecule has 0 aliphatic carbocycles. The molecule has 0 heterocycles. The van der Waals surface area contributed by atoms with Gasteiger partial charge in [0.1, 0.15) is 17.8 Å². The summed E-state index contributed by atoms with van der Waals surface area (Å²) in [6.07, 6.45) is 10.4. The molecule has 36 heavy (non-hydrogen) atoms. The number of nitrogens with zero attached hydrogens (tertiary/aromatic N) is 2. The molecular formula is C30H42F2N4. The number of alkyl halides is 1. The first-order chi connectivity index (χ1) is 17.1. The number of hydrogen-bond donors (Lipinski definition) is 2. The van der Waals surface area contributed by atoms with Crippen LogP contribution in [0.25, 0.3) is 0 Å². The zero-order chi connectivity index (χ0) is 27.3. The first-order valence-electron chi connectivity index (χ1n) is 12.1. The highest BCUT2D eigenvalue weighted by molar-refractivity contribution is 6.03. The van der Waals surface area contributed by atoms with Gasteiger partial charge in [-0.3, -0.25) is 4.99 Å². The van der Waals surface area contributed by atoms with E-state index in [1.165, 1.54) is 13.0 Å². The number of aryl methyl sites for hydroxylation is 1. The second-order valence-electron chi connectivity index (χ2n) is 8.87. The molecule has 6 heteroatoms. The van der Waals surface area contributed by atoms with Crippen LogP contribution in [0.4, 0.5) is 8.78 Å². The first kappa shape index (κ1) is 30.6. The first-order valence-corrected chi connectivity index (χ1v) is 12.1. The Morgan fingerprint density at radius 1 is 1.19 bits per heavy atom. The third-order valence-electron chi connectivity index (χ3n) is 5.82. The number of aliphatic imine (C=N–C) groups is 1. The number of halogens is 2. The van der Waals surface area contributed by atoms with E-state index in [9.17, 15) is 8.78 Å². The highest BCUT2D eigenvalue weighted by Gasteiger charge is 2.20. The molecule has 1 atom stereocenters. The van der Waals surface area contributed by atoms with Gasteiger partial charge in [0.25, 0.3) is 0 Å². The summed E-state index contributed by atoms with van der Waals surface area (Å²) in [5.74, 6) is 0.232. The van der Waals surface area contributed by atoms with Crippen molar-refractivity contribution in [2.45, 2.75) is 52.8 Å². The van der Waals surface area contributed by atoms with Crippen molar-refractivity contribution in [3.05, 3.63) is 107 Å². The fraction of sp³-hybridized carbons (Fsp3) is 0.367. The van der Waals surface area contributed by atoms with Crippen LogP contribution in [0.5, 0.6) is 0 Å². The molecule has 0 aromatic heterocycles. The molecule has 0 spiro atoms. The van der Waals surface area contributed by atoms with Gasteiger partial charge in [0.15, 0.2) is 0 Å². The van der Waals surface area contributed by atoms with Crippen LogP contribution in [-0.2, 0) is 6.54 Å². The molecule has 2 N–H and O–H groups in total. The average molecular weight is 497 g/mol. The lowest BCUT2D eigenvalue weighted by molar-refractivity contribution is 0.415. The van der Waals surface area contributed by atoms with Crippen LogP contribution in [-0.4, -0.2) is 38.1 Å². The predicted molar refractivity (Wildman–Crippen MR) is 151 cm³/mol. The van der Waals surface area contributed by atoms with Gasteiger partial charge in [-0.15, -0.1) is 6.58 Å². The van der Waals surface area contributed by atoms with E-state index in [4.69, 9.17) is 0 Å². The van der Waals surface area contributed by atoms with Gasteiger partial charge in [0, 0.05) is 56.8 Å². The van der Waals surface area contributed by atoms with Crippen molar-refractivity contribution in [1.29, 1.82) is 0 Å². The van der Waals surface area contributed by atoms with E-state index < -0.39 is 6.17 Å². The maximum atomic E-state index is 14.7. The van der Waals surface area contributed by atoms with Crippen molar-refractivity contribution in [3.8, 4) is 0 Å². The van der Waals surface area contributed by atoms with Gasteiger partial charge in [-0.1, -0.05) is 25.3 Å². The van der Waals surface area contributed by atoms with Gasteiger partial charge >= 0.3 is 0 Å². The Kier molecular flexibility index (Phi) is 13.2. The van der Waals surface area contributed by atoms with Crippen molar-refractivity contribution in [2.24, 2.45) is 4.99 Å². The molecule has 0 aliphatic heterocycles. The minimum atomic E-state index is -1.27. The van der Waals surface area contributed by atoms with Crippen LogP contribution >= 0.6 is 0 Å². The molecule has 0 fully saturated rings. The number of benzene rings is 1. The van der Waals surface area contributed by atoms with Crippen molar-refractivity contribution in [1.82, 2.24) is 15.5 Å². The fourth-order valence-corrected chi connectivity index (χ4v) is 3.58. The van der Waals surface area contributed by atoms with Crippen LogP contribution in [0.15, 0.2) is 89.9 Å². The third-order valence-corrected chi connectivity index (χ3v) is 5.82. The fourth-order valence-electron chi connectivity index (χ4n) is 3.58. The van der Waals surface area contributed by atoms with Gasteiger partial charge in [-0.25, -0.2) is 8.78 Å². The molecule has 4 nitrogen and oxygen atoms in total. The van der Waals surface area contributed by atoms with E-state index in [0.29, 0.717) is 28.1 Å². The topological polar surface area (TPSA) is 39.7 Å². The Morgan fingerprint density at radius 2 is 1.89 bits per heavy atom. The lowest BCUT2D eigenvalue weighted by Crippen LogP contribution is -2.28. The molecule has 0 amide bonds. The van der Waals surface area contributed by atoms with Gasteiger partial charge in [0.2, 0.25) is 0 Å². The van der Waals surface area contributed by atoms with Crippen LogP contribution in [0.2, 0.25) is 0 Å². The van der Waals surface area contributed by atoms with Crippen LogP contribution in [0.1, 0.15) is 42.9 Å². The van der Waals surface area contributed by atoms with E-state index in [1.807, 2.05) is 57.4 Å². The summed E-state index contributed by atoms with van der Waals surface area (Å²) in [6, 6.07) is 3.25. The standard InChI is InChI=1S/C30H42F2N4/c1-10-12-13-14-25(18-34-11-2)17-26(28(20-36(8)9)23(5)24(6)31)30(33-7)35-19-27-22(4)21(3)15-16-29(27)32/h10-11,15-18,20,24,34H,1-2,5,12-14,19H2,3-4,6-9H3,(H,33,35)/b25-18-,26-17-,28-20+. The zero-order valence-corrected chi connectivity index (χ0v) is 22.7. The van der Waals surface area contributed by atoms with Gasteiger partial charge in [-0.05, 0) is 80.6 Å². The number of amidine groups is 1. The summed E-state index contributed by atoms with van der Waals surface area (Å²) in [6.45, 7) is 17.1. The average Bonchev–Trinajstić information content (AvgIpc) is 2.83. The second kappa shape index (κ2) is 15.6. The molecule has 196 valence electrons. The lowest BCUT2D eigenvalue weighted by atomic mass is 9.93. The number of unbranched alkanes of at least 4 members (excludes halogenated alkanes) is 1. The van der Waals surface area contributed by atoms with E-state index in [1.54, 1.807) is 19.3 Å². The molecule has 0 aliphatic rings. The normalized spacial score (nSPS) is 13.8. The summed E-state index contributed by atoms with van der Waals surface area (Å²) < 4.78 is 29.2. The monoisotopic (exact) mass is 496 g/mol. The van der Waals surface area contributed by atoms with Gasteiger partial charge in [-0.2, -0.15) is 0 Å². The molecule has 1 aromatic carbocycles. The summed E-state index contributed by atoms with van der Waals surface area (Å²) >= 11 is 0. The number of rotatable bonds is 14. The summed E-state index contributed by atoms with van der Waals surface area (Å²) in [4.78, 5) is 6.34. The van der Waals surface area contributed by atoms with E-state index in [-0.39, 0.29) is 12.4 Å². The second-order valence-corrected chi connectivity index (χ2v) is 8.87. The smallest absolute Gasteiger partial charge is 0.128 e. The van der Waals surface area contributed by atoms with Gasteiger partial charge < -0.3 is 15.5 Å². The quantitative estimate of drug-likeness (QED) is 0.0976. The molecule has 1 unspecified atom stereocenters. The van der Waals surface area contributed by atoms with E-state index >= 15 is 0 Å². The van der Waals surface area contributed by atoms with Crippen molar-refractivity contribution in [2.75, 3.05) is 21.1 Å². The van der Waals surface area contributed by atoms with E-state index in [0.717, 1.165) is 36.0 Å². The van der Waals surface area contributed by atoms with Crippen molar-refractivity contribution < 1.29 is 8.78 Å². The highest BCUT2D eigenvalue weighted by atomic mass is 19.1. The number of nitrogens with one attached hydrogen (secondary N) is 2. The number of hydrogen-bond acceptors (Lipinski definition) is 3. The Morgan fingerprint density at radius 3 is 2.44 bits per heavy atom. The summed E-state index contributed by atoms with van der Waals surface area (Å²) in [7, 11) is 5.40. The predicted octanol–water partition coefficient (Wildman–Crippen LogP) is 6.82. The number of allylic oxidation sites excluding steroid dienone is 4. The largest absolute Gasteiger partial charge is 0.383 e. The zero-order valence-electron chi connectivity index (χ0n) is 22.7. The summed E-state index contributed by atoms with van der Waals surface area (Å²) in [5, 5.41) is 6.35. The van der Waals surface area contributed by atoms with Crippen LogP contribution in [0, 0.1) is 19.7 Å². The van der Waals surface area contributed by atoms with Crippen molar-refractivity contribution in [3.63, 3.8) is 0 Å². The van der Waals surface area contributed by atoms with Gasteiger partial charge in [0.05, 0.1) is 0 Å². The maximum Gasteiger partial charge on any atom is 0.128 e. The molecule has 1 aromatic rings. The Balaban J connectivity index is 3.65. The summed E-state index contributed by atoms with van der Waals surface area (Å²) in [5.41, 5.74) is 5.04. The van der Waals surface area contributed by atoms with Crippen molar-refractivity contribution >= 4 is 5.84 Å². The van der Waals surface area contributed by atoms with Crippen LogP contribution in [0.3, 0.4) is 0 Å². The van der Waals surface area contributed by atoms with E-state index in [2.05, 4.69) is 35.4 Å². The Bertz CT molecular complexity index is 1040. The highest BCUT2D eigenvalue weighted by Crippen LogP contribution is 2.27. The minimum absolute atomic E-state index is 0.233. The minimum Gasteiger partial charge on any atom is -0.383 e. The molecule has 0 bridgehead atoms. The maximum absolute atomic E-state index is 14.7. The molecule has 1 rings (SSSR count). The molecule has 0 saturated carbocycles. The third kappa shape index (κ3) is 9.33. The Hall–Kier alpha value is -3.41. The lowest BCUT2D eigenvalue weighted by Gasteiger charge is -2.22. The Labute approximate surface area is 216 Å². The molecular weight excluding hydrogens is 454 g/mol. The SMILES string of the molecule is C=CCCCC(=C/NC=C)/C=C(C(=C/N(C)C)/C(=C)C(C)F)\C(=N\C)NCc1c(F)ccc(C)c1C. The molecule has 0 radical (unpaired) electrons. The molecule has 0 saturated heterocycles. The van der Waals surface area contributed by atoms with Crippen LogP contribution < -0.4 is 10.6 Å².